The van der Waals surface area contributed by atoms with E-state index in [1.54, 1.807) is 32.4 Å². The van der Waals surface area contributed by atoms with Gasteiger partial charge in [0.2, 0.25) is 11.8 Å². The summed E-state index contributed by atoms with van der Waals surface area (Å²) in [6.07, 6.45) is 1.56. The van der Waals surface area contributed by atoms with Gasteiger partial charge in [0.25, 0.3) is 5.56 Å². The summed E-state index contributed by atoms with van der Waals surface area (Å²) in [6.45, 7) is 3.85. The van der Waals surface area contributed by atoms with Gasteiger partial charge in [-0.3, -0.25) is 14.7 Å². The van der Waals surface area contributed by atoms with E-state index in [4.69, 9.17) is 16.1 Å². The van der Waals surface area contributed by atoms with E-state index in [2.05, 4.69) is 31.1 Å². The lowest BCUT2D eigenvalue weighted by atomic mass is 10.0. The molecular weight excluding hydrogens is 465 g/mol. The number of hydrogen-bond donors (Lipinski definition) is 3. The van der Waals surface area contributed by atoms with Gasteiger partial charge in [-0.2, -0.15) is 4.98 Å². The van der Waals surface area contributed by atoms with Crippen LogP contribution in [0.5, 0.6) is 0 Å². The summed E-state index contributed by atoms with van der Waals surface area (Å²) in [5.74, 6) is -0.192. The van der Waals surface area contributed by atoms with E-state index >= 15 is 0 Å². The number of aryl methyl sites for hydroxylation is 1. The molecule has 4 rings (SSSR count). The van der Waals surface area contributed by atoms with Gasteiger partial charge in [0.1, 0.15) is 11.5 Å². The fraction of sp³-hybridized carbons (Fsp3) is 0.227. The summed E-state index contributed by atoms with van der Waals surface area (Å²) >= 11 is 6.28. The summed E-state index contributed by atoms with van der Waals surface area (Å²) in [6, 6.07) is 4.72. The Hall–Kier alpha value is -3.99. The Balaban J connectivity index is 1.69. The predicted molar refractivity (Wildman–Crippen MR) is 128 cm³/mol. The van der Waals surface area contributed by atoms with Crippen LogP contribution in [0.4, 0.5) is 26.7 Å². The van der Waals surface area contributed by atoms with E-state index in [0.29, 0.717) is 22.7 Å². The molecule has 3 heterocycles. The maximum absolute atomic E-state index is 14.6. The average Bonchev–Trinajstić information content (AvgIpc) is 3.27. The molecule has 0 aliphatic carbocycles. The molecule has 0 aliphatic heterocycles. The van der Waals surface area contributed by atoms with Gasteiger partial charge in [0, 0.05) is 42.9 Å². The molecule has 0 radical (unpaired) electrons. The second-order valence-corrected chi connectivity index (χ2v) is 8.21. The third kappa shape index (κ3) is 4.42. The van der Waals surface area contributed by atoms with Crippen LogP contribution in [0.2, 0.25) is 5.02 Å². The first-order valence-electron chi connectivity index (χ1n) is 10.3. The van der Waals surface area contributed by atoms with E-state index in [9.17, 15) is 14.0 Å². The number of carbonyl (C=O) groups excluding carboxylic acids is 1. The topological polar surface area (TPSA) is 127 Å². The number of rotatable bonds is 5. The highest BCUT2D eigenvalue weighted by Gasteiger charge is 2.18. The molecule has 2 amide bonds. The Labute approximate surface area is 198 Å². The van der Waals surface area contributed by atoms with Crippen molar-refractivity contribution in [1.29, 1.82) is 0 Å². The molecule has 3 N–H and O–H groups in total. The molecule has 12 heteroatoms. The van der Waals surface area contributed by atoms with Gasteiger partial charge in [0.15, 0.2) is 0 Å². The predicted octanol–water partition coefficient (Wildman–Crippen LogP) is 4.59. The molecule has 176 valence electrons. The lowest BCUT2D eigenvalue weighted by Gasteiger charge is -2.13. The van der Waals surface area contributed by atoms with Gasteiger partial charge in [0.05, 0.1) is 16.4 Å². The van der Waals surface area contributed by atoms with Crippen molar-refractivity contribution in [3.05, 3.63) is 57.3 Å². The minimum absolute atomic E-state index is 0.00415. The fourth-order valence-electron chi connectivity index (χ4n) is 3.30. The molecular formula is C22H21ClFN7O3. The van der Waals surface area contributed by atoms with Gasteiger partial charge in [-0.25, -0.2) is 14.2 Å². The van der Waals surface area contributed by atoms with Crippen molar-refractivity contribution < 1.29 is 13.7 Å². The van der Waals surface area contributed by atoms with Gasteiger partial charge < -0.3 is 15.2 Å². The second kappa shape index (κ2) is 9.10. The summed E-state index contributed by atoms with van der Waals surface area (Å²) in [5.41, 5.74) is 0.927. The van der Waals surface area contributed by atoms with Crippen LogP contribution in [-0.2, 0) is 7.05 Å². The van der Waals surface area contributed by atoms with Crippen LogP contribution >= 0.6 is 11.6 Å². The maximum atomic E-state index is 14.6. The number of benzene rings is 1. The van der Waals surface area contributed by atoms with E-state index < -0.39 is 17.4 Å². The summed E-state index contributed by atoms with van der Waals surface area (Å²) in [4.78, 5) is 33.9. The zero-order valence-electron chi connectivity index (χ0n) is 18.7. The highest BCUT2D eigenvalue weighted by Crippen LogP contribution is 2.32. The lowest BCUT2D eigenvalue weighted by molar-refractivity contribution is 0.261. The molecule has 0 spiro atoms. The number of carbonyl (C=O) groups is 1. The van der Waals surface area contributed by atoms with Crippen LogP contribution < -0.4 is 21.5 Å². The molecule has 3 aromatic heterocycles. The van der Waals surface area contributed by atoms with Gasteiger partial charge in [-0.1, -0.05) is 30.6 Å². The van der Waals surface area contributed by atoms with E-state index in [1.807, 2.05) is 13.8 Å². The lowest BCUT2D eigenvalue weighted by Crippen LogP contribution is -2.21. The number of hydrogen-bond acceptors (Lipinski definition) is 7. The molecule has 0 saturated heterocycles. The first kappa shape index (κ1) is 23.2. The van der Waals surface area contributed by atoms with Gasteiger partial charge in [-0.15, -0.1) is 0 Å². The summed E-state index contributed by atoms with van der Waals surface area (Å²) in [5, 5.41) is 12.1. The number of amides is 2. The number of aromatic nitrogens is 4. The van der Waals surface area contributed by atoms with Crippen molar-refractivity contribution in [2.45, 2.75) is 19.8 Å². The Morgan fingerprint density at radius 1 is 1.18 bits per heavy atom. The van der Waals surface area contributed by atoms with Crippen LogP contribution in [0.1, 0.15) is 25.5 Å². The monoisotopic (exact) mass is 485 g/mol. The van der Waals surface area contributed by atoms with Crippen LogP contribution in [-0.4, -0.2) is 32.8 Å². The zero-order valence-corrected chi connectivity index (χ0v) is 19.5. The maximum Gasteiger partial charge on any atom is 0.326 e. The minimum Gasteiger partial charge on any atom is -0.357 e. The first-order chi connectivity index (χ1) is 16.2. The number of halogens is 2. The van der Waals surface area contributed by atoms with Crippen LogP contribution in [0.15, 0.2) is 39.8 Å². The number of nitrogens with one attached hydrogen (secondary N) is 3. The zero-order chi connectivity index (χ0) is 24.6. The van der Waals surface area contributed by atoms with Crippen LogP contribution in [0.3, 0.4) is 0 Å². The smallest absolute Gasteiger partial charge is 0.326 e. The van der Waals surface area contributed by atoms with E-state index in [0.717, 1.165) is 6.07 Å². The number of fused-ring (bicyclic) bond motifs is 1. The van der Waals surface area contributed by atoms with Crippen LogP contribution in [0.25, 0.3) is 22.2 Å². The summed E-state index contributed by atoms with van der Waals surface area (Å²) < 4.78 is 21.0. The first-order valence-corrected chi connectivity index (χ1v) is 10.6. The standard InChI is InChI=1S/C22H21ClFN7O3/c1-10(2)16-8-18(34-30-16)28-22(33)27-17-6-12(14(23)7-15(17)24)13-5-11-9-26-21(25-3)29-19(11)31(4)20(13)32/h5-10H,1-4H3,(H,25,26,29)(H2,27,28,33). The number of nitrogens with zero attached hydrogens (tertiary/aromatic N) is 4. The number of urea groups is 1. The average molecular weight is 486 g/mol. The SMILES string of the molecule is CNc1ncc2cc(-c3cc(NC(=O)Nc4cc(C(C)C)no4)c(F)cc3Cl)c(=O)n(C)c2n1. The van der Waals surface area contributed by atoms with Crippen molar-refractivity contribution >= 4 is 46.2 Å². The van der Waals surface area contributed by atoms with Crippen molar-refractivity contribution in [3.8, 4) is 11.1 Å². The molecule has 4 aromatic rings. The molecule has 0 aliphatic rings. The summed E-state index contributed by atoms with van der Waals surface area (Å²) in [7, 11) is 3.23. The molecule has 0 saturated carbocycles. The Bertz CT molecular complexity index is 1470. The molecule has 1 aromatic carbocycles. The Morgan fingerprint density at radius 2 is 1.94 bits per heavy atom. The molecule has 0 unspecified atom stereocenters. The Morgan fingerprint density at radius 3 is 2.62 bits per heavy atom. The van der Waals surface area contributed by atoms with Gasteiger partial charge in [-0.05, 0) is 24.1 Å². The molecule has 10 nitrogen and oxygen atoms in total. The van der Waals surface area contributed by atoms with Crippen molar-refractivity contribution in [2.24, 2.45) is 7.05 Å². The van der Waals surface area contributed by atoms with Crippen molar-refractivity contribution in [1.82, 2.24) is 19.7 Å². The van der Waals surface area contributed by atoms with E-state index in [-0.39, 0.29) is 33.6 Å². The molecule has 34 heavy (non-hydrogen) atoms. The van der Waals surface area contributed by atoms with Gasteiger partial charge >= 0.3 is 6.03 Å². The second-order valence-electron chi connectivity index (χ2n) is 7.81. The van der Waals surface area contributed by atoms with E-state index in [1.165, 1.54) is 10.6 Å². The van der Waals surface area contributed by atoms with Crippen LogP contribution in [0, 0.1) is 5.82 Å². The fourth-order valence-corrected chi connectivity index (χ4v) is 3.55. The quantitative estimate of drug-likeness (QED) is 0.377. The third-order valence-electron chi connectivity index (χ3n) is 5.12. The molecule has 0 fully saturated rings. The molecule has 0 bridgehead atoms. The molecule has 0 atom stereocenters. The van der Waals surface area contributed by atoms with Crippen molar-refractivity contribution in [2.75, 3.05) is 23.0 Å². The third-order valence-corrected chi connectivity index (χ3v) is 5.44. The highest BCUT2D eigenvalue weighted by molar-refractivity contribution is 6.33. The largest absolute Gasteiger partial charge is 0.357 e. The minimum atomic E-state index is -0.774. The highest BCUT2D eigenvalue weighted by atomic mass is 35.5. The number of anilines is 3. The normalized spacial score (nSPS) is 11.1. The Kier molecular flexibility index (Phi) is 6.20. The number of pyridine rings is 1. The van der Waals surface area contributed by atoms with Crippen molar-refractivity contribution in [3.63, 3.8) is 0 Å².